The number of para-hydroxylation sites is 1. The van der Waals surface area contributed by atoms with E-state index in [1.54, 1.807) is 11.3 Å². The van der Waals surface area contributed by atoms with Crippen LogP contribution in [0.1, 0.15) is 0 Å². The molecule has 0 radical (unpaired) electrons. The van der Waals surface area contributed by atoms with E-state index in [0.717, 1.165) is 27.1 Å². The first kappa shape index (κ1) is 15.0. The van der Waals surface area contributed by atoms with E-state index in [1.807, 2.05) is 60.0 Å². The first-order valence-electron chi connectivity index (χ1n) is 5.85. The minimum absolute atomic E-state index is 0. The summed E-state index contributed by atoms with van der Waals surface area (Å²) in [6, 6.07) is 17.7. The van der Waals surface area contributed by atoms with Crippen molar-refractivity contribution in [1.82, 2.24) is 4.98 Å². The monoisotopic (exact) mass is 365 g/mol. The summed E-state index contributed by atoms with van der Waals surface area (Å²) in [6.45, 7) is 0. The van der Waals surface area contributed by atoms with Crippen LogP contribution in [0.3, 0.4) is 0 Å². The SMILES string of the molecule is Clc1ccc(-c2csc(Nc3ccccc3)n2)cc1.[Br-]. The molecular formula is C15H11BrClN2S-. The molecule has 0 bridgehead atoms. The molecule has 0 aliphatic rings. The molecule has 0 fully saturated rings. The van der Waals surface area contributed by atoms with Crippen molar-refractivity contribution in [2.24, 2.45) is 0 Å². The maximum atomic E-state index is 5.88. The van der Waals surface area contributed by atoms with Gasteiger partial charge in [0.05, 0.1) is 5.69 Å². The fraction of sp³-hybridized carbons (Fsp3) is 0. The lowest BCUT2D eigenvalue weighted by Crippen LogP contribution is -3.00. The molecule has 3 aromatic rings. The quantitative estimate of drug-likeness (QED) is 0.769. The van der Waals surface area contributed by atoms with E-state index < -0.39 is 0 Å². The van der Waals surface area contributed by atoms with Gasteiger partial charge in [-0.3, -0.25) is 0 Å². The molecule has 2 nitrogen and oxygen atoms in total. The van der Waals surface area contributed by atoms with Crippen LogP contribution in [0.25, 0.3) is 11.3 Å². The zero-order valence-electron chi connectivity index (χ0n) is 10.4. The summed E-state index contributed by atoms with van der Waals surface area (Å²) < 4.78 is 0. The summed E-state index contributed by atoms with van der Waals surface area (Å²) in [7, 11) is 0. The minimum Gasteiger partial charge on any atom is -1.00 e. The topological polar surface area (TPSA) is 24.9 Å². The molecule has 1 aromatic heterocycles. The third kappa shape index (κ3) is 3.60. The number of thiazole rings is 1. The normalized spacial score (nSPS) is 9.85. The molecule has 0 spiro atoms. The predicted octanol–water partition coefficient (Wildman–Crippen LogP) is 2.21. The summed E-state index contributed by atoms with van der Waals surface area (Å²) in [4.78, 5) is 4.57. The second kappa shape index (κ2) is 6.88. The highest BCUT2D eigenvalue weighted by atomic mass is 79.9. The first-order chi connectivity index (χ1) is 9.31. The van der Waals surface area contributed by atoms with Crippen LogP contribution in [-0.4, -0.2) is 4.98 Å². The van der Waals surface area contributed by atoms with E-state index in [0.29, 0.717) is 0 Å². The molecule has 3 rings (SSSR count). The molecule has 1 N–H and O–H groups in total. The van der Waals surface area contributed by atoms with Crippen LogP contribution in [0.5, 0.6) is 0 Å². The van der Waals surface area contributed by atoms with E-state index in [9.17, 15) is 0 Å². The van der Waals surface area contributed by atoms with Gasteiger partial charge >= 0.3 is 0 Å². The van der Waals surface area contributed by atoms with Crippen molar-refractivity contribution < 1.29 is 17.0 Å². The Morgan fingerprint density at radius 2 is 1.65 bits per heavy atom. The van der Waals surface area contributed by atoms with Crippen LogP contribution >= 0.6 is 22.9 Å². The molecule has 2 aromatic carbocycles. The third-order valence-corrected chi connectivity index (χ3v) is 3.68. The molecule has 102 valence electrons. The summed E-state index contributed by atoms with van der Waals surface area (Å²) in [6.07, 6.45) is 0. The first-order valence-corrected chi connectivity index (χ1v) is 7.10. The number of benzene rings is 2. The molecule has 0 amide bonds. The average Bonchev–Trinajstić information content (AvgIpc) is 2.89. The van der Waals surface area contributed by atoms with Crippen molar-refractivity contribution in [2.45, 2.75) is 0 Å². The number of hydrogen-bond donors (Lipinski definition) is 1. The van der Waals surface area contributed by atoms with Crippen LogP contribution in [-0.2, 0) is 0 Å². The molecule has 1 heterocycles. The van der Waals surface area contributed by atoms with Crippen molar-refractivity contribution in [3.63, 3.8) is 0 Å². The Kier molecular flexibility index (Phi) is 5.17. The number of halogens is 2. The van der Waals surface area contributed by atoms with Gasteiger partial charge in [0.1, 0.15) is 0 Å². The molecule has 0 aliphatic carbocycles. The standard InChI is InChI=1S/C15H11ClN2S.BrH/c16-12-8-6-11(7-9-12)14-10-19-15(18-14)17-13-4-2-1-3-5-13;/h1-10H,(H,17,18);1H/p-1. The highest BCUT2D eigenvalue weighted by Gasteiger charge is 2.04. The molecule has 5 heteroatoms. The Labute approximate surface area is 137 Å². The lowest BCUT2D eigenvalue weighted by atomic mass is 10.2. The van der Waals surface area contributed by atoms with Crippen LogP contribution in [0, 0.1) is 0 Å². The number of rotatable bonds is 3. The lowest BCUT2D eigenvalue weighted by molar-refractivity contribution is -0.00000360. The second-order valence-electron chi connectivity index (χ2n) is 4.04. The van der Waals surface area contributed by atoms with E-state index >= 15 is 0 Å². The lowest BCUT2D eigenvalue weighted by Gasteiger charge is -2.01. The highest BCUT2D eigenvalue weighted by Crippen LogP contribution is 2.27. The molecule has 0 atom stereocenters. The Bertz CT molecular complexity index is 668. The van der Waals surface area contributed by atoms with Crippen LogP contribution < -0.4 is 22.3 Å². The molecule has 0 aliphatic heterocycles. The Morgan fingerprint density at radius 3 is 2.35 bits per heavy atom. The predicted molar refractivity (Wildman–Crippen MR) is 82.3 cm³/mol. The maximum absolute atomic E-state index is 5.88. The number of anilines is 2. The van der Waals surface area contributed by atoms with Crippen molar-refractivity contribution in [3.05, 3.63) is 65.0 Å². The Balaban J connectivity index is 0.00000147. The average molecular weight is 367 g/mol. The summed E-state index contributed by atoms with van der Waals surface area (Å²) in [5.74, 6) is 0. The Morgan fingerprint density at radius 1 is 0.950 bits per heavy atom. The Hall–Kier alpha value is -1.36. The van der Waals surface area contributed by atoms with Gasteiger partial charge in [-0.2, -0.15) is 0 Å². The zero-order chi connectivity index (χ0) is 13.1. The van der Waals surface area contributed by atoms with Crippen LogP contribution in [0.15, 0.2) is 60.0 Å². The van der Waals surface area contributed by atoms with Crippen molar-refractivity contribution in [3.8, 4) is 11.3 Å². The third-order valence-electron chi connectivity index (χ3n) is 2.67. The number of aromatic nitrogens is 1. The molecule has 0 saturated carbocycles. The van der Waals surface area contributed by atoms with Crippen molar-refractivity contribution in [2.75, 3.05) is 5.32 Å². The summed E-state index contributed by atoms with van der Waals surface area (Å²) in [5.41, 5.74) is 3.07. The molecule has 0 saturated heterocycles. The van der Waals surface area contributed by atoms with Gasteiger partial charge in [-0.25, -0.2) is 4.98 Å². The van der Waals surface area contributed by atoms with E-state index in [4.69, 9.17) is 11.6 Å². The van der Waals surface area contributed by atoms with Gasteiger partial charge in [-0.05, 0) is 24.3 Å². The number of nitrogens with zero attached hydrogens (tertiary/aromatic N) is 1. The van der Waals surface area contributed by atoms with Crippen LogP contribution in [0.4, 0.5) is 10.8 Å². The zero-order valence-corrected chi connectivity index (χ0v) is 13.5. The van der Waals surface area contributed by atoms with Gasteiger partial charge < -0.3 is 22.3 Å². The smallest absolute Gasteiger partial charge is 0.187 e. The summed E-state index contributed by atoms with van der Waals surface area (Å²) in [5, 5.41) is 6.95. The van der Waals surface area contributed by atoms with Gasteiger partial charge in [0.15, 0.2) is 5.13 Å². The summed E-state index contributed by atoms with van der Waals surface area (Å²) >= 11 is 7.47. The van der Waals surface area contributed by atoms with Crippen LogP contribution in [0.2, 0.25) is 5.02 Å². The second-order valence-corrected chi connectivity index (χ2v) is 5.33. The minimum atomic E-state index is 0. The number of hydrogen-bond acceptors (Lipinski definition) is 3. The fourth-order valence-electron chi connectivity index (χ4n) is 1.73. The van der Waals surface area contributed by atoms with Gasteiger partial charge in [-0.15, -0.1) is 11.3 Å². The molecule has 0 unspecified atom stereocenters. The van der Waals surface area contributed by atoms with Gasteiger partial charge in [0, 0.05) is 21.7 Å². The van der Waals surface area contributed by atoms with Gasteiger partial charge in [-0.1, -0.05) is 41.9 Å². The largest absolute Gasteiger partial charge is 1.00 e. The highest BCUT2D eigenvalue weighted by molar-refractivity contribution is 7.14. The number of nitrogens with one attached hydrogen (secondary N) is 1. The molecular weight excluding hydrogens is 356 g/mol. The van der Waals surface area contributed by atoms with E-state index in [2.05, 4.69) is 10.3 Å². The van der Waals surface area contributed by atoms with E-state index in [-0.39, 0.29) is 17.0 Å². The van der Waals surface area contributed by atoms with Crippen molar-refractivity contribution >= 4 is 33.8 Å². The van der Waals surface area contributed by atoms with Gasteiger partial charge in [0.2, 0.25) is 0 Å². The van der Waals surface area contributed by atoms with E-state index in [1.165, 1.54) is 0 Å². The van der Waals surface area contributed by atoms with Crippen molar-refractivity contribution in [1.29, 1.82) is 0 Å². The maximum Gasteiger partial charge on any atom is 0.187 e. The fourth-order valence-corrected chi connectivity index (χ4v) is 2.60. The molecule has 20 heavy (non-hydrogen) atoms. The van der Waals surface area contributed by atoms with Gasteiger partial charge in [0.25, 0.3) is 0 Å².